The molecule has 2 heterocycles. The number of anilines is 1. The van der Waals surface area contributed by atoms with Crippen LogP contribution in [0.25, 0.3) is 22.2 Å². The number of hydrogen-bond acceptors (Lipinski definition) is 5. The van der Waals surface area contributed by atoms with E-state index < -0.39 is 0 Å². The van der Waals surface area contributed by atoms with Crippen molar-refractivity contribution in [3.8, 4) is 17.0 Å². The third kappa shape index (κ3) is 3.52. The van der Waals surface area contributed by atoms with Crippen LogP contribution < -0.4 is 15.6 Å². The molecule has 7 heteroatoms. The average molecular weight is 361 g/mol. The van der Waals surface area contributed by atoms with Gasteiger partial charge in [-0.3, -0.25) is 9.78 Å². The number of aromatic nitrogens is 4. The summed E-state index contributed by atoms with van der Waals surface area (Å²) in [4.78, 5) is 18.3. The molecule has 0 amide bonds. The van der Waals surface area contributed by atoms with Gasteiger partial charge in [-0.2, -0.15) is 0 Å². The second-order valence-corrected chi connectivity index (χ2v) is 6.12. The Bertz CT molecular complexity index is 1120. The zero-order valence-corrected chi connectivity index (χ0v) is 14.8. The number of aromatic amines is 2. The van der Waals surface area contributed by atoms with Gasteiger partial charge in [-0.05, 0) is 42.3 Å². The molecule has 0 aliphatic heterocycles. The number of para-hydroxylation sites is 1. The lowest BCUT2D eigenvalue weighted by Crippen LogP contribution is -2.18. The summed E-state index contributed by atoms with van der Waals surface area (Å²) in [5.74, 6) is 1.08. The van der Waals surface area contributed by atoms with Crippen LogP contribution in [0.2, 0.25) is 0 Å². The quantitative estimate of drug-likeness (QED) is 0.491. The van der Waals surface area contributed by atoms with Gasteiger partial charge in [-0.25, -0.2) is 0 Å². The number of fused-ring (bicyclic) bond motifs is 1. The summed E-state index contributed by atoms with van der Waals surface area (Å²) in [7, 11) is 1.60. The van der Waals surface area contributed by atoms with Crippen molar-refractivity contribution in [2.75, 3.05) is 19.0 Å². The van der Waals surface area contributed by atoms with Crippen LogP contribution in [0.15, 0.2) is 59.5 Å². The second kappa shape index (κ2) is 7.33. The lowest BCUT2D eigenvalue weighted by atomic mass is 10.1. The van der Waals surface area contributed by atoms with Crippen molar-refractivity contribution in [1.29, 1.82) is 0 Å². The van der Waals surface area contributed by atoms with Crippen LogP contribution in [0.3, 0.4) is 0 Å². The molecule has 0 radical (unpaired) electrons. The molecule has 0 saturated heterocycles. The molecule has 4 rings (SSSR count). The number of hydrogen-bond donors (Lipinski definition) is 3. The van der Waals surface area contributed by atoms with E-state index in [2.05, 4.69) is 31.5 Å². The average Bonchev–Trinajstić information content (AvgIpc) is 3.12. The Labute approximate surface area is 155 Å². The molecule has 136 valence electrons. The Morgan fingerprint density at radius 1 is 1.07 bits per heavy atom. The fourth-order valence-corrected chi connectivity index (χ4v) is 3.01. The minimum absolute atomic E-state index is 0.278. The van der Waals surface area contributed by atoms with Gasteiger partial charge in [0.15, 0.2) is 5.69 Å². The Morgan fingerprint density at radius 2 is 1.89 bits per heavy atom. The Kier molecular flexibility index (Phi) is 4.57. The Balaban J connectivity index is 1.44. The van der Waals surface area contributed by atoms with Gasteiger partial charge >= 0.3 is 0 Å². The zero-order chi connectivity index (χ0) is 18.6. The van der Waals surface area contributed by atoms with Crippen LogP contribution in [-0.4, -0.2) is 33.8 Å². The van der Waals surface area contributed by atoms with E-state index in [9.17, 15) is 4.79 Å². The van der Waals surface area contributed by atoms with Crippen molar-refractivity contribution in [2.24, 2.45) is 0 Å². The van der Waals surface area contributed by atoms with E-state index in [1.54, 1.807) is 31.4 Å². The monoisotopic (exact) mass is 361 g/mol. The molecule has 0 aliphatic rings. The fourth-order valence-electron chi connectivity index (χ4n) is 3.01. The molecular weight excluding hydrogens is 342 g/mol. The summed E-state index contributed by atoms with van der Waals surface area (Å²) in [5, 5.41) is 12.5. The molecule has 0 aliphatic carbocycles. The first kappa shape index (κ1) is 16.8. The third-order valence-electron chi connectivity index (χ3n) is 4.42. The van der Waals surface area contributed by atoms with Crippen LogP contribution in [0, 0.1) is 0 Å². The lowest BCUT2D eigenvalue weighted by molar-refractivity contribution is 0.415. The number of methoxy groups -OCH3 is 1. The van der Waals surface area contributed by atoms with Gasteiger partial charge in [-0.15, -0.1) is 10.2 Å². The highest BCUT2D eigenvalue weighted by Gasteiger charge is 2.08. The minimum Gasteiger partial charge on any atom is -0.497 e. The highest BCUT2D eigenvalue weighted by atomic mass is 16.5. The van der Waals surface area contributed by atoms with Crippen molar-refractivity contribution < 1.29 is 4.74 Å². The van der Waals surface area contributed by atoms with E-state index in [0.717, 1.165) is 17.7 Å². The number of ether oxygens (including phenoxy) is 1. The largest absolute Gasteiger partial charge is 0.497 e. The number of H-pyrrole nitrogens is 2. The summed E-state index contributed by atoms with van der Waals surface area (Å²) in [6.07, 6.45) is 2.81. The van der Waals surface area contributed by atoms with Crippen LogP contribution in [0.5, 0.6) is 5.75 Å². The van der Waals surface area contributed by atoms with Crippen LogP contribution in [0.1, 0.15) is 5.56 Å². The van der Waals surface area contributed by atoms with E-state index in [4.69, 9.17) is 4.74 Å². The molecule has 0 unspecified atom stereocenters. The van der Waals surface area contributed by atoms with Gasteiger partial charge in [-0.1, -0.05) is 18.2 Å². The number of benzene rings is 2. The van der Waals surface area contributed by atoms with Crippen LogP contribution in [0.4, 0.5) is 5.95 Å². The minimum atomic E-state index is -0.287. The van der Waals surface area contributed by atoms with Crippen LogP contribution in [-0.2, 0) is 6.42 Å². The van der Waals surface area contributed by atoms with E-state index in [0.29, 0.717) is 18.1 Å². The number of nitrogens with zero attached hydrogens (tertiary/aromatic N) is 2. The van der Waals surface area contributed by atoms with E-state index in [1.807, 2.05) is 24.4 Å². The fraction of sp³-hybridized carbons (Fsp3) is 0.150. The van der Waals surface area contributed by atoms with Crippen molar-refractivity contribution in [1.82, 2.24) is 20.2 Å². The van der Waals surface area contributed by atoms with Gasteiger partial charge in [0.2, 0.25) is 5.95 Å². The first-order valence-electron chi connectivity index (χ1n) is 8.65. The highest BCUT2D eigenvalue weighted by molar-refractivity contribution is 5.83. The summed E-state index contributed by atoms with van der Waals surface area (Å²) in [5.41, 5.74) is 3.01. The van der Waals surface area contributed by atoms with Crippen molar-refractivity contribution in [2.45, 2.75) is 6.42 Å². The molecule has 2 aromatic carbocycles. The maximum absolute atomic E-state index is 12.3. The Hall–Kier alpha value is -3.61. The first-order chi connectivity index (χ1) is 13.2. The van der Waals surface area contributed by atoms with Gasteiger partial charge in [0.1, 0.15) is 5.75 Å². The molecule has 4 aromatic rings. The Morgan fingerprint density at radius 3 is 2.67 bits per heavy atom. The molecule has 3 N–H and O–H groups in total. The van der Waals surface area contributed by atoms with Gasteiger partial charge in [0, 0.05) is 29.2 Å². The molecule has 0 atom stereocenters. The predicted octanol–water partition coefficient (Wildman–Crippen LogP) is 2.98. The second-order valence-electron chi connectivity index (χ2n) is 6.12. The molecular formula is C20H19N5O2. The smallest absolute Gasteiger partial charge is 0.279 e. The van der Waals surface area contributed by atoms with Crippen molar-refractivity contribution >= 4 is 16.9 Å². The third-order valence-corrected chi connectivity index (χ3v) is 4.42. The van der Waals surface area contributed by atoms with Crippen molar-refractivity contribution in [3.63, 3.8) is 0 Å². The van der Waals surface area contributed by atoms with E-state index in [1.165, 1.54) is 10.9 Å². The first-order valence-corrected chi connectivity index (χ1v) is 8.65. The van der Waals surface area contributed by atoms with Crippen LogP contribution >= 0.6 is 0 Å². The molecule has 2 aromatic heterocycles. The summed E-state index contributed by atoms with van der Waals surface area (Å²) in [6.45, 7) is 0.633. The molecule has 0 bridgehead atoms. The molecule has 0 fully saturated rings. The number of rotatable bonds is 6. The lowest BCUT2D eigenvalue weighted by Gasteiger charge is -2.06. The molecule has 7 nitrogen and oxygen atoms in total. The zero-order valence-electron chi connectivity index (χ0n) is 14.8. The maximum Gasteiger partial charge on any atom is 0.279 e. The predicted molar refractivity (Wildman–Crippen MR) is 105 cm³/mol. The van der Waals surface area contributed by atoms with Gasteiger partial charge in [0.05, 0.1) is 7.11 Å². The van der Waals surface area contributed by atoms with Crippen molar-refractivity contribution in [3.05, 3.63) is 70.6 Å². The van der Waals surface area contributed by atoms with Gasteiger partial charge < -0.3 is 15.0 Å². The molecule has 0 saturated carbocycles. The van der Waals surface area contributed by atoms with E-state index in [-0.39, 0.29) is 11.3 Å². The highest BCUT2D eigenvalue weighted by Crippen LogP contribution is 2.19. The maximum atomic E-state index is 12.3. The molecule has 27 heavy (non-hydrogen) atoms. The SMILES string of the molecule is COc1ccc(-c2nnc(NCCc3c[nH]c4ccccc34)[nH]c2=O)cc1. The molecule has 0 spiro atoms. The van der Waals surface area contributed by atoms with Gasteiger partial charge in [0.25, 0.3) is 5.56 Å². The topological polar surface area (TPSA) is 95.7 Å². The number of nitrogens with one attached hydrogen (secondary N) is 3. The standard InChI is InChI=1S/C20H19N5O2/c1-27-15-8-6-13(7-9-15)18-19(26)23-20(25-24-18)21-11-10-14-12-22-17-5-3-2-4-16(14)17/h2-9,12,22H,10-11H2,1H3,(H2,21,23,25,26). The summed E-state index contributed by atoms with van der Waals surface area (Å²) >= 11 is 0. The summed E-state index contributed by atoms with van der Waals surface area (Å²) < 4.78 is 5.12. The normalized spacial score (nSPS) is 10.9. The van der Waals surface area contributed by atoms with E-state index >= 15 is 0 Å². The summed E-state index contributed by atoms with van der Waals surface area (Å²) in [6, 6.07) is 15.3.